The quantitative estimate of drug-likeness (QED) is 0.666. The number of hydrogen-bond acceptors (Lipinski definition) is 4. The van der Waals surface area contributed by atoms with Gasteiger partial charge >= 0.3 is 5.97 Å². The Balaban J connectivity index is 1.85. The number of carbonyl (C=O) groups is 2. The maximum Gasteiger partial charge on any atom is 0.305 e. The number of carboxylic acids is 1. The van der Waals surface area contributed by atoms with E-state index in [1.165, 1.54) is 0 Å². The van der Waals surface area contributed by atoms with E-state index < -0.39 is 12.0 Å². The van der Waals surface area contributed by atoms with Gasteiger partial charge in [0.15, 0.2) is 0 Å². The Morgan fingerprint density at radius 1 is 1.27 bits per heavy atom. The molecule has 2 aliphatic rings. The first-order chi connectivity index (χ1) is 9.97. The zero-order chi connectivity index (χ0) is 16.8. The van der Waals surface area contributed by atoms with Gasteiger partial charge in [0.05, 0.1) is 12.5 Å². The molecule has 1 saturated heterocycles. The predicted molar refractivity (Wildman–Crippen MR) is 88.8 cm³/mol. The zero-order valence-electron chi connectivity index (χ0n) is 13.9. The fourth-order valence-corrected chi connectivity index (χ4v) is 6.22. The molecule has 1 aliphatic carbocycles. The summed E-state index contributed by atoms with van der Waals surface area (Å²) < 4.78 is 0.590. The van der Waals surface area contributed by atoms with Crippen molar-refractivity contribution >= 4 is 23.6 Å². The second-order valence-electron chi connectivity index (χ2n) is 7.87. The first kappa shape index (κ1) is 17.6. The van der Waals surface area contributed by atoms with E-state index in [0.717, 1.165) is 25.7 Å². The summed E-state index contributed by atoms with van der Waals surface area (Å²) >= 11 is 2.02. The van der Waals surface area contributed by atoms with Crippen LogP contribution in [0.15, 0.2) is 0 Å². The number of amides is 1. The number of aliphatic carboxylic acids is 1. The van der Waals surface area contributed by atoms with Gasteiger partial charge in [-0.15, -0.1) is 11.8 Å². The number of rotatable bonds is 7. The molecule has 2 fully saturated rings. The molecule has 1 saturated carbocycles. The molecule has 126 valence electrons. The summed E-state index contributed by atoms with van der Waals surface area (Å²) in [6, 6.07) is -0.956. The fourth-order valence-electron chi connectivity index (χ4n) is 3.94. The second-order valence-corrected chi connectivity index (χ2v) is 10.2. The molecule has 0 spiro atoms. The zero-order valence-corrected chi connectivity index (χ0v) is 14.8. The topological polar surface area (TPSA) is 92.4 Å². The smallest absolute Gasteiger partial charge is 0.305 e. The van der Waals surface area contributed by atoms with Gasteiger partial charge in [0.25, 0.3) is 0 Å². The van der Waals surface area contributed by atoms with Crippen molar-refractivity contribution in [1.82, 2.24) is 5.32 Å². The maximum absolute atomic E-state index is 12.0. The highest BCUT2D eigenvalue weighted by Gasteiger charge is 2.55. The van der Waals surface area contributed by atoms with E-state index in [4.69, 9.17) is 10.8 Å². The van der Waals surface area contributed by atoms with Gasteiger partial charge in [0.1, 0.15) is 0 Å². The fraction of sp³-hybridized carbons (Fsp3) is 0.875. The molecule has 0 aromatic rings. The third kappa shape index (κ3) is 3.77. The number of nitrogens with two attached hydrogens (primary N) is 1. The summed E-state index contributed by atoms with van der Waals surface area (Å²) in [6.45, 7) is 9.14. The molecule has 1 aliphatic heterocycles. The van der Waals surface area contributed by atoms with Crippen LogP contribution in [0.1, 0.15) is 59.8 Å². The summed E-state index contributed by atoms with van der Waals surface area (Å²) in [4.78, 5) is 22.7. The standard InChI is InChI=1S/C16H28N2O3S/c1-14(2)11(15(3,4)22-14)5-6-16(7-8-16)18-13(21)10(17)9-12(19)20/h10-11H,5-9,17H2,1-4H3,(H,18,21)(H,19,20)/t10-/m0/s1. The van der Waals surface area contributed by atoms with Gasteiger partial charge in [-0.25, -0.2) is 0 Å². The van der Waals surface area contributed by atoms with E-state index >= 15 is 0 Å². The van der Waals surface area contributed by atoms with Crippen LogP contribution in [-0.2, 0) is 9.59 Å². The molecule has 1 amide bonds. The molecule has 0 aromatic heterocycles. The molecule has 6 heteroatoms. The van der Waals surface area contributed by atoms with Crippen LogP contribution in [0.5, 0.6) is 0 Å². The Hall–Kier alpha value is -0.750. The predicted octanol–water partition coefficient (Wildman–Crippen LogP) is 2.14. The van der Waals surface area contributed by atoms with E-state index in [2.05, 4.69) is 33.0 Å². The lowest BCUT2D eigenvalue weighted by molar-refractivity contribution is -0.139. The Bertz CT molecular complexity index is 458. The highest BCUT2D eigenvalue weighted by Crippen LogP contribution is 2.61. The van der Waals surface area contributed by atoms with Crippen molar-refractivity contribution in [3.05, 3.63) is 0 Å². The summed E-state index contributed by atoms with van der Waals surface area (Å²) in [5.41, 5.74) is 5.50. The van der Waals surface area contributed by atoms with Crippen LogP contribution in [0, 0.1) is 5.92 Å². The van der Waals surface area contributed by atoms with E-state index in [1.807, 2.05) is 11.8 Å². The van der Waals surface area contributed by atoms with Crippen LogP contribution < -0.4 is 11.1 Å². The van der Waals surface area contributed by atoms with Gasteiger partial charge in [0, 0.05) is 15.0 Å². The van der Waals surface area contributed by atoms with E-state index in [9.17, 15) is 9.59 Å². The molecule has 22 heavy (non-hydrogen) atoms. The third-order valence-electron chi connectivity index (χ3n) is 5.09. The van der Waals surface area contributed by atoms with Crippen LogP contribution in [-0.4, -0.2) is 38.1 Å². The van der Waals surface area contributed by atoms with Crippen molar-refractivity contribution in [3.63, 3.8) is 0 Å². The van der Waals surface area contributed by atoms with Gasteiger partial charge in [-0.3, -0.25) is 9.59 Å². The number of carboxylic acid groups (broad SMARTS) is 1. The van der Waals surface area contributed by atoms with Crippen LogP contribution in [0.25, 0.3) is 0 Å². The molecule has 4 N–H and O–H groups in total. The van der Waals surface area contributed by atoms with Crippen molar-refractivity contribution in [1.29, 1.82) is 0 Å². The van der Waals surface area contributed by atoms with E-state index in [-0.39, 0.29) is 17.9 Å². The van der Waals surface area contributed by atoms with Crippen molar-refractivity contribution in [2.24, 2.45) is 11.7 Å². The van der Waals surface area contributed by atoms with Gasteiger partial charge in [0.2, 0.25) is 5.91 Å². The summed E-state index contributed by atoms with van der Waals surface area (Å²) in [7, 11) is 0. The largest absolute Gasteiger partial charge is 0.481 e. The van der Waals surface area contributed by atoms with Crippen molar-refractivity contribution in [2.45, 2.75) is 80.9 Å². The number of nitrogens with one attached hydrogen (secondary N) is 1. The van der Waals surface area contributed by atoms with E-state index in [0.29, 0.717) is 15.4 Å². The van der Waals surface area contributed by atoms with Gasteiger partial charge in [-0.05, 0) is 31.6 Å². The second kappa shape index (κ2) is 5.71. The van der Waals surface area contributed by atoms with E-state index in [1.54, 1.807) is 0 Å². The molecule has 1 heterocycles. The molecule has 2 rings (SSSR count). The minimum atomic E-state index is -1.04. The van der Waals surface area contributed by atoms with Gasteiger partial charge in [-0.1, -0.05) is 27.7 Å². The Kier molecular flexibility index (Phi) is 4.57. The van der Waals surface area contributed by atoms with Crippen molar-refractivity contribution in [3.8, 4) is 0 Å². The molecule has 0 bridgehead atoms. The van der Waals surface area contributed by atoms with Crippen molar-refractivity contribution in [2.75, 3.05) is 0 Å². The minimum Gasteiger partial charge on any atom is -0.481 e. The summed E-state index contributed by atoms with van der Waals surface area (Å²) in [5, 5.41) is 11.7. The van der Waals surface area contributed by atoms with Crippen LogP contribution in [0.3, 0.4) is 0 Å². The SMILES string of the molecule is CC1(C)SC(C)(C)C1CCC1(NC(=O)[C@@H](N)CC(=O)O)CC1. The molecule has 1 atom stereocenters. The molecular formula is C16H28N2O3S. The molecule has 0 aromatic carbocycles. The van der Waals surface area contributed by atoms with Gasteiger partial charge in [-0.2, -0.15) is 0 Å². The lowest BCUT2D eigenvalue weighted by Crippen LogP contribution is -2.55. The highest BCUT2D eigenvalue weighted by atomic mass is 32.2. The Morgan fingerprint density at radius 2 is 1.82 bits per heavy atom. The van der Waals surface area contributed by atoms with Crippen molar-refractivity contribution < 1.29 is 14.7 Å². The Labute approximate surface area is 136 Å². The first-order valence-electron chi connectivity index (χ1n) is 7.97. The molecule has 5 nitrogen and oxygen atoms in total. The third-order valence-corrected chi connectivity index (χ3v) is 6.71. The number of thioether (sulfide) groups is 1. The normalized spacial score (nSPS) is 25.9. The molecule has 0 radical (unpaired) electrons. The lowest BCUT2D eigenvalue weighted by Gasteiger charge is -2.57. The highest BCUT2D eigenvalue weighted by molar-refractivity contribution is 8.03. The summed E-state index contributed by atoms with van der Waals surface area (Å²) in [6.07, 6.45) is 3.66. The monoisotopic (exact) mass is 328 g/mol. The Morgan fingerprint density at radius 3 is 2.23 bits per heavy atom. The average Bonchev–Trinajstić information content (AvgIpc) is 3.05. The minimum absolute atomic E-state index is 0.139. The van der Waals surface area contributed by atoms with Crippen LogP contribution >= 0.6 is 11.8 Å². The lowest BCUT2D eigenvalue weighted by atomic mass is 9.78. The first-order valence-corrected chi connectivity index (χ1v) is 8.79. The average molecular weight is 328 g/mol. The van der Waals surface area contributed by atoms with Gasteiger partial charge < -0.3 is 16.2 Å². The number of carbonyl (C=O) groups excluding carboxylic acids is 1. The maximum atomic E-state index is 12.0. The molecule has 0 unspecified atom stereocenters. The molecular weight excluding hydrogens is 300 g/mol. The van der Waals surface area contributed by atoms with Crippen LogP contribution in [0.4, 0.5) is 0 Å². The van der Waals surface area contributed by atoms with Crippen LogP contribution in [0.2, 0.25) is 0 Å². The number of hydrogen-bond donors (Lipinski definition) is 3. The summed E-state index contributed by atoms with van der Waals surface area (Å²) in [5.74, 6) is -0.740.